The average Bonchev–Trinajstić information content (AvgIpc) is 2.61. The summed E-state index contributed by atoms with van der Waals surface area (Å²) in [6.07, 6.45) is 0. The monoisotopic (exact) mass is 446 g/mol. The predicted octanol–water partition coefficient (Wildman–Crippen LogP) is 3.57. The Labute approximate surface area is 144 Å². The highest BCUT2D eigenvalue weighted by Crippen LogP contribution is 2.36. The van der Waals surface area contributed by atoms with E-state index in [9.17, 15) is 56.9 Å². The molecule has 2 rings (SSSR count). The molecule has 0 N–H and O–H groups in total. The van der Waals surface area contributed by atoms with E-state index in [2.05, 4.69) is 0 Å². The lowest BCUT2D eigenvalue weighted by Crippen LogP contribution is -2.24. The van der Waals surface area contributed by atoms with Crippen molar-refractivity contribution in [2.75, 3.05) is 0 Å². The second-order valence-electron chi connectivity index (χ2n) is 4.49. The fraction of sp³-hybridized carbons (Fsp3) is 0. The Bertz CT molecular complexity index is 1010. The summed E-state index contributed by atoms with van der Waals surface area (Å²) in [5.41, 5.74) is 0. The Balaban J connectivity index is 2.86. The molecular formula is C12F10O3S2. The molecule has 2 aromatic carbocycles. The van der Waals surface area contributed by atoms with Crippen molar-refractivity contribution >= 4 is 19.1 Å². The number of hydrogen-bond donors (Lipinski definition) is 0. The fourth-order valence-electron chi connectivity index (χ4n) is 1.72. The molecule has 0 saturated carbocycles. The van der Waals surface area contributed by atoms with Gasteiger partial charge < -0.3 is 4.55 Å². The van der Waals surface area contributed by atoms with Crippen molar-refractivity contribution < 1.29 is 56.9 Å². The summed E-state index contributed by atoms with van der Waals surface area (Å²) in [4.78, 5) is -5.34. The molecule has 1 unspecified atom stereocenters. The topological polar surface area (TPSA) is 57.2 Å². The first-order valence-electron chi connectivity index (χ1n) is 5.96. The van der Waals surface area contributed by atoms with Gasteiger partial charge in [-0.3, -0.25) is 0 Å². The van der Waals surface area contributed by atoms with Crippen LogP contribution in [0.3, 0.4) is 0 Å². The first-order valence-corrected chi connectivity index (χ1v) is 9.11. The minimum absolute atomic E-state index is 2.56. The van der Waals surface area contributed by atoms with E-state index in [4.69, 9.17) is 0 Å². The van der Waals surface area contributed by atoms with Crippen LogP contribution in [-0.4, -0.2) is 13.0 Å². The van der Waals surface area contributed by atoms with Gasteiger partial charge in [-0.25, -0.2) is 35.1 Å². The van der Waals surface area contributed by atoms with E-state index in [1.54, 1.807) is 0 Å². The van der Waals surface area contributed by atoms with Crippen LogP contribution in [-0.2, 0) is 19.1 Å². The summed E-state index contributed by atoms with van der Waals surface area (Å²) in [7, 11) is -10.9. The standard InChI is InChI=1S/C12F10O3S2/c13-1-3(15)7(19)11(8(20)4(1)16)26(23)27(24,25)12-9(21)5(17)2(14)6(18)10(12)22. The van der Waals surface area contributed by atoms with Gasteiger partial charge in [0.1, 0.15) is 10.2 Å². The molecule has 1 atom stereocenters. The third-order valence-corrected chi connectivity index (χ3v) is 7.10. The molecule has 0 bridgehead atoms. The molecule has 27 heavy (non-hydrogen) atoms. The second-order valence-corrected chi connectivity index (χ2v) is 8.91. The van der Waals surface area contributed by atoms with Gasteiger partial charge in [0.25, 0.3) is 0 Å². The molecule has 0 fully saturated rings. The second kappa shape index (κ2) is 6.87. The molecule has 0 radical (unpaired) electrons. The van der Waals surface area contributed by atoms with Crippen LogP contribution in [0.5, 0.6) is 0 Å². The van der Waals surface area contributed by atoms with E-state index < -0.39 is 87.0 Å². The van der Waals surface area contributed by atoms with Crippen LogP contribution in [0.1, 0.15) is 0 Å². The lowest BCUT2D eigenvalue weighted by molar-refractivity contribution is 0.356. The molecule has 15 heteroatoms. The quantitative estimate of drug-likeness (QED) is 0.238. The van der Waals surface area contributed by atoms with Gasteiger partial charge in [0.05, 0.1) is 0 Å². The fourth-order valence-corrected chi connectivity index (χ4v) is 5.17. The van der Waals surface area contributed by atoms with Gasteiger partial charge in [0.2, 0.25) is 39.8 Å². The van der Waals surface area contributed by atoms with Crippen LogP contribution >= 0.6 is 0 Å². The van der Waals surface area contributed by atoms with Crippen LogP contribution in [0.15, 0.2) is 9.79 Å². The zero-order valence-electron chi connectivity index (χ0n) is 11.8. The molecule has 3 nitrogen and oxygen atoms in total. The van der Waals surface area contributed by atoms with Gasteiger partial charge in [0, 0.05) is 0 Å². The van der Waals surface area contributed by atoms with Crippen LogP contribution in [0.2, 0.25) is 0 Å². The SMILES string of the molecule is O=S(=O)(c1c(F)c(F)c(F)c(F)c1F)[S+]([O-])c1c(F)c(F)c(F)c(F)c1F. The van der Waals surface area contributed by atoms with Crippen molar-refractivity contribution in [2.24, 2.45) is 0 Å². The number of rotatable bonds is 3. The third-order valence-electron chi connectivity index (χ3n) is 2.96. The highest BCUT2D eigenvalue weighted by molar-refractivity contribution is 8.67. The van der Waals surface area contributed by atoms with Crippen molar-refractivity contribution in [3.63, 3.8) is 0 Å². The van der Waals surface area contributed by atoms with E-state index in [1.165, 1.54) is 0 Å². The molecule has 2 aromatic rings. The van der Waals surface area contributed by atoms with Crippen molar-refractivity contribution in [3.8, 4) is 0 Å². The van der Waals surface area contributed by atoms with Gasteiger partial charge in [-0.1, -0.05) is 0 Å². The Morgan fingerprint density at radius 1 is 0.519 bits per heavy atom. The Morgan fingerprint density at radius 2 is 0.778 bits per heavy atom. The molecular weight excluding hydrogens is 446 g/mol. The molecule has 0 amide bonds. The maximum Gasteiger partial charge on any atom is 0.354 e. The molecule has 0 aliphatic carbocycles. The zero-order valence-corrected chi connectivity index (χ0v) is 13.5. The van der Waals surface area contributed by atoms with Crippen molar-refractivity contribution in [2.45, 2.75) is 9.79 Å². The maximum atomic E-state index is 13.6. The summed E-state index contributed by atoms with van der Waals surface area (Å²) in [6, 6.07) is 0. The smallest absolute Gasteiger partial charge is 0.354 e. The summed E-state index contributed by atoms with van der Waals surface area (Å²) in [5, 5.41) is 0. The first-order chi connectivity index (χ1) is 12.3. The summed E-state index contributed by atoms with van der Waals surface area (Å²) < 4.78 is 168. The summed E-state index contributed by atoms with van der Waals surface area (Å²) in [6.45, 7) is 0. The van der Waals surface area contributed by atoms with Crippen molar-refractivity contribution in [3.05, 3.63) is 58.2 Å². The van der Waals surface area contributed by atoms with Gasteiger partial charge >= 0.3 is 8.87 Å². The largest absolute Gasteiger partial charge is 0.596 e. The predicted molar refractivity (Wildman–Crippen MR) is 66.1 cm³/mol. The lowest BCUT2D eigenvalue weighted by Gasteiger charge is -2.14. The van der Waals surface area contributed by atoms with E-state index in [0.29, 0.717) is 0 Å². The van der Waals surface area contributed by atoms with Crippen LogP contribution in [0, 0.1) is 58.2 Å². The van der Waals surface area contributed by atoms with E-state index in [1.807, 2.05) is 0 Å². The van der Waals surface area contributed by atoms with Crippen LogP contribution in [0.25, 0.3) is 0 Å². The lowest BCUT2D eigenvalue weighted by atomic mass is 10.3. The van der Waals surface area contributed by atoms with E-state index in [-0.39, 0.29) is 0 Å². The Morgan fingerprint density at radius 3 is 1.11 bits per heavy atom. The molecule has 148 valence electrons. The summed E-state index contributed by atoms with van der Waals surface area (Å²) in [5.74, 6) is -28.7. The minimum Gasteiger partial charge on any atom is -0.596 e. The van der Waals surface area contributed by atoms with Crippen molar-refractivity contribution in [1.82, 2.24) is 0 Å². The van der Waals surface area contributed by atoms with Crippen LogP contribution < -0.4 is 0 Å². The molecule has 0 saturated heterocycles. The normalized spacial score (nSPS) is 13.1. The van der Waals surface area contributed by atoms with Gasteiger partial charge in [-0.15, -0.1) is 0 Å². The minimum atomic E-state index is -6.37. The number of halogens is 10. The molecule has 0 aromatic heterocycles. The Kier molecular flexibility index (Phi) is 5.42. The Hall–Kier alpha value is -2.00. The van der Waals surface area contributed by atoms with Crippen molar-refractivity contribution in [1.29, 1.82) is 0 Å². The molecule has 0 aliphatic rings. The molecule has 0 heterocycles. The summed E-state index contributed by atoms with van der Waals surface area (Å²) >= 11 is 0. The molecule has 0 aliphatic heterocycles. The van der Waals surface area contributed by atoms with Gasteiger partial charge in [-0.2, -0.15) is 17.2 Å². The zero-order chi connectivity index (χ0) is 21.0. The van der Waals surface area contributed by atoms with E-state index >= 15 is 0 Å². The third kappa shape index (κ3) is 3.02. The highest BCUT2D eigenvalue weighted by atomic mass is 33.2. The number of benzene rings is 2. The van der Waals surface area contributed by atoms with E-state index in [0.717, 1.165) is 0 Å². The van der Waals surface area contributed by atoms with Gasteiger partial charge in [-0.05, 0) is 0 Å². The van der Waals surface area contributed by atoms with Gasteiger partial charge in [0.15, 0.2) is 28.2 Å². The maximum absolute atomic E-state index is 13.6. The highest BCUT2D eigenvalue weighted by Gasteiger charge is 2.46. The number of hydrogen-bond acceptors (Lipinski definition) is 3. The average molecular weight is 446 g/mol. The van der Waals surface area contributed by atoms with Crippen LogP contribution in [0.4, 0.5) is 43.9 Å². The first kappa shape index (κ1) is 21.3. The molecule has 0 spiro atoms.